The summed E-state index contributed by atoms with van der Waals surface area (Å²) in [6, 6.07) is 3.88. The first-order valence-corrected chi connectivity index (χ1v) is 5.86. The lowest BCUT2D eigenvalue weighted by Crippen LogP contribution is -1.83. The van der Waals surface area contributed by atoms with Gasteiger partial charge in [-0.25, -0.2) is 4.39 Å². The van der Waals surface area contributed by atoms with E-state index < -0.39 is 5.82 Å². The van der Waals surface area contributed by atoms with Crippen LogP contribution in [0.4, 0.5) is 4.39 Å². The number of thioether (sulfide) groups is 1. The molecule has 0 aliphatic carbocycles. The molecule has 0 atom stereocenters. The largest absolute Gasteiger partial charge is 0.507 e. The molecule has 0 aliphatic rings. The van der Waals surface area contributed by atoms with Gasteiger partial charge in [0.15, 0.2) is 5.12 Å². The number of rotatable bonds is 4. The second-order valence-corrected chi connectivity index (χ2v) is 4.51. The third kappa shape index (κ3) is 4.49. The van der Waals surface area contributed by atoms with Crippen molar-refractivity contribution < 1.29 is 14.3 Å². The quantitative estimate of drug-likeness (QED) is 0.821. The second-order valence-electron chi connectivity index (χ2n) is 3.23. The smallest absolute Gasteiger partial charge is 0.185 e. The standard InChI is InChI=1S/C12H13FO2S/c1-9(14)16-7-3-2-4-10-5-6-11(13)8-12(10)15/h2,4-6,8,15H,3,7H2,1H3. The van der Waals surface area contributed by atoms with Crippen molar-refractivity contribution >= 4 is 23.0 Å². The molecular formula is C12H13FO2S. The Labute approximate surface area is 98.2 Å². The van der Waals surface area contributed by atoms with Gasteiger partial charge in [-0.05, 0) is 18.6 Å². The van der Waals surface area contributed by atoms with E-state index in [1.165, 1.54) is 30.8 Å². The van der Waals surface area contributed by atoms with Crippen LogP contribution in [0, 0.1) is 5.82 Å². The summed E-state index contributed by atoms with van der Waals surface area (Å²) < 4.78 is 12.7. The second kappa shape index (κ2) is 6.33. The minimum atomic E-state index is -0.457. The number of benzene rings is 1. The van der Waals surface area contributed by atoms with E-state index >= 15 is 0 Å². The number of halogens is 1. The normalized spacial score (nSPS) is 10.9. The van der Waals surface area contributed by atoms with Gasteiger partial charge in [-0.3, -0.25) is 4.79 Å². The van der Waals surface area contributed by atoms with Crippen molar-refractivity contribution in [1.82, 2.24) is 0 Å². The van der Waals surface area contributed by atoms with Crippen molar-refractivity contribution in [2.45, 2.75) is 13.3 Å². The number of phenolic OH excluding ortho intramolecular Hbond substituents is 1. The van der Waals surface area contributed by atoms with E-state index in [0.29, 0.717) is 11.3 Å². The van der Waals surface area contributed by atoms with Crippen LogP contribution in [0.2, 0.25) is 0 Å². The summed E-state index contributed by atoms with van der Waals surface area (Å²) in [4.78, 5) is 10.6. The fraction of sp³-hybridized carbons (Fsp3) is 0.250. The Morgan fingerprint density at radius 1 is 1.56 bits per heavy atom. The Bertz CT molecular complexity index is 402. The van der Waals surface area contributed by atoms with E-state index in [2.05, 4.69) is 0 Å². The van der Waals surface area contributed by atoms with Gasteiger partial charge in [0.2, 0.25) is 0 Å². The minimum Gasteiger partial charge on any atom is -0.507 e. The van der Waals surface area contributed by atoms with Crippen LogP contribution < -0.4 is 0 Å². The zero-order valence-electron chi connectivity index (χ0n) is 8.94. The number of carbonyl (C=O) groups is 1. The minimum absolute atomic E-state index is 0.0736. The zero-order chi connectivity index (χ0) is 12.0. The van der Waals surface area contributed by atoms with Crippen LogP contribution in [0.15, 0.2) is 24.3 Å². The van der Waals surface area contributed by atoms with E-state index in [0.717, 1.165) is 12.5 Å². The highest BCUT2D eigenvalue weighted by Gasteiger charge is 1.98. The summed E-state index contributed by atoms with van der Waals surface area (Å²) in [5.74, 6) is 0.186. The van der Waals surface area contributed by atoms with Crippen molar-refractivity contribution in [1.29, 1.82) is 0 Å². The molecule has 0 heterocycles. The average Bonchev–Trinajstić information content (AvgIpc) is 2.20. The van der Waals surface area contributed by atoms with E-state index in [1.54, 1.807) is 6.08 Å². The Hall–Kier alpha value is -1.29. The summed E-state index contributed by atoms with van der Waals surface area (Å²) >= 11 is 1.26. The van der Waals surface area contributed by atoms with Crippen molar-refractivity contribution in [3.63, 3.8) is 0 Å². The molecule has 0 spiro atoms. The number of hydrogen-bond donors (Lipinski definition) is 1. The molecule has 86 valence electrons. The van der Waals surface area contributed by atoms with Gasteiger partial charge in [0, 0.05) is 24.3 Å². The highest BCUT2D eigenvalue weighted by molar-refractivity contribution is 8.13. The Balaban J connectivity index is 2.47. The maximum absolute atomic E-state index is 12.7. The zero-order valence-corrected chi connectivity index (χ0v) is 9.76. The molecule has 1 rings (SSSR count). The predicted molar refractivity (Wildman–Crippen MR) is 64.9 cm³/mol. The third-order valence-corrected chi connectivity index (χ3v) is 2.73. The van der Waals surface area contributed by atoms with E-state index in [1.807, 2.05) is 6.08 Å². The van der Waals surface area contributed by atoms with Gasteiger partial charge in [0.25, 0.3) is 0 Å². The first-order chi connectivity index (χ1) is 7.59. The fourth-order valence-electron chi connectivity index (χ4n) is 1.14. The number of aromatic hydroxyl groups is 1. The molecule has 0 saturated carbocycles. The van der Waals surface area contributed by atoms with Gasteiger partial charge in [-0.1, -0.05) is 23.9 Å². The first-order valence-electron chi connectivity index (χ1n) is 4.88. The Kier molecular flexibility index (Phi) is 5.05. The van der Waals surface area contributed by atoms with E-state index in [4.69, 9.17) is 0 Å². The SMILES string of the molecule is CC(=O)SCCC=Cc1ccc(F)cc1O. The highest BCUT2D eigenvalue weighted by atomic mass is 32.2. The summed E-state index contributed by atoms with van der Waals surface area (Å²) in [6.07, 6.45) is 4.30. The molecule has 2 nitrogen and oxygen atoms in total. The van der Waals surface area contributed by atoms with Crippen molar-refractivity contribution in [3.05, 3.63) is 35.7 Å². The number of carbonyl (C=O) groups excluding carboxylic acids is 1. The van der Waals surface area contributed by atoms with Crippen LogP contribution in [0.1, 0.15) is 18.9 Å². The van der Waals surface area contributed by atoms with Gasteiger partial charge in [0.1, 0.15) is 11.6 Å². The maximum Gasteiger partial charge on any atom is 0.185 e. The van der Waals surface area contributed by atoms with Crippen LogP contribution in [0.5, 0.6) is 5.75 Å². The van der Waals surface area contributed by atoms with Gasteiger partial charge in [0.05, 0.1) is 0 Å². The molecule has 0 bridgehead atoms. The van der Waals surface area contributed by atoms with Crippen LogP contribution >= 0.6 is 11.8 Å². The van der Waals surface area contributed by atoms with E-state index in [-0.39, 0.29) is 10.9 Å². The van der Waals surface area contributed by atoms with Gasteiger partial charge < -0.3 is 5.11 Å². The summed E-state index contributed by atoms with van der Waals surface area (Å²) in [5, 5.41) is 9.48. The van der Waals surface area contributed by atoms with Gasteiger partial charge in [-0.2, -0.15) is 0 Å². The molecule has 0 aliphatic heterocycles. The molecule has 0 unspecified atom stereocenters. The van der Waals surface area contributed by atoms with Crippen LogP contribution in [-0.2, 0) is 4.79 Å². The van der Waals surface area contributed by atoms with Crippen LogP contribution in [0.3, 0.4) is 0 Å². The van der Waals surface area contributed by atoms with Gasteiger partial charge in [-0.15, -0.1) is 0 Å². The predicted octanol–water partition coefficient (Wildman–Crippen LogP) is 3.21. The molecule has 0 fully saturated rings. The summed E-state index contributed by atoms with van der Waals surface area (Å²) in [6.45, 7) is 1.53. The lowest BCUT2D eigenvalue weighted by molar-refractivity contribution is -0.109. The first kappa shape index (κ1) is 12.8. The molecule has 1 aromatic rings. The third-order valence-electron chi connectivity index (χ3n) is 1.88. The monoisotopic (exact) mass is 240 g/mol. The highest BCUT2D eigenvalue weighted by Crippen LogP contribution is 2.19. The van der Waals surface area contributed by atoms with Gasteiger partial charge >= 0.3 is 0 Å². The molecule has 1 N–H and O–H groups in total. The number of hydrogen-bond acceptors (Lipinski definition) is 3. The molecule has 0 amide bonds. The molecule has 0 saturated heterocycles. The van der Waals surface area contributed by atoms with Crippen molar-refractivity contribution in [3.8, 4) is 5.75 Å². The summed E-state index contributed by atoms with van der Waals surface area (Å²) in [5.41, 5.74) is 0.578. The fourth-order valence-corrected chi connectivity index (χ4v) is 1.68. The number of allylic oxidation sites excluding steroid dienone is 1. The Morgan fingerprint density at radius 3 is 2.94 bits per heavy atom. The molecule has 1 aromatic carbocycles. The average molecular weight is 240 g/mol. The summed E-state index contributed by atoms with van der Waals surface area (Å²) in [7, 11) is 0. The molecule has 0 aromatic heterocycles. The van der Waals surface area contributed by atoms with E-state index in [9.17, 15) is 14.3 Å². The topological polar surface area (TPSA) is 37.3 Å². The van der Waals surface area contributed by atoms with Crippen LogP contribution in [-0.4, -0.2) is 16.0 Å². The molecule has 16 heavy (non-hydrogen) atoms. The van der Waals surface area contributed by atoms with Crippen LogP contribution in [0.25, 0.3) is 6.08 Å². The molecule has 4 heteroatoms. The number of phenols is 1. The van der Waals surface area contributed by atoms with Crippen molar-refractivity contribution in [2.75, 3.05) is 5.75 Å². The molecular weight excluding hydrogens is 227 g/mol. The molecule has 0 radical (unpaired) electrons. The van der Waals surface area contributed by atoms with Crippen molar-refractivity contribution in [2.24, 2.45) is 0 Å². The Morgan fingerprint density at radius 2 is 2.31 bits per heavy atom. The lowest BCUT2D eigenvalue weighted by atomic mass is 10.2. The lowest BCUT2D eigenvalue weighted by Gasteiger charge is -1.98. The maximum atomic E-state index is 12.7.